The highest BCUT2D eigenvalue weighted by atomic mass is 79.9. The van der Waals surface area contributed by atoms with Crippen molar-refractivity contribution in [3.63, 3.8) is 0 Å². The number of aromatic amines is 1. The molecule has 8 heteroatoms. The van der Waals surface area contributed by atoms with Gasteiger partial charge >= 0.3 is 0 Å². The number of aromatic nitrogens is 2. The van der Waals surface area contributed by atoms with Crippen LogP contribution in [0.25, 0.3) is 11.3 Å². The summed E-state index contributed by atoms with van der Waals surface area (Å²) in [4.78, 5) is 31.6. The highest BCUT2D eigenvalue weighted by molar-refractivity contribution is 9.10. The number of nitrogens with zero attached hydrogens (tertiary/aromatic N) is 2. The minimum absolute atomic E-state index is 0.0752. The molecule has 1 aromatic heterocycles. The monoisotopic (exact) mass is 455 g/mol. The van der Waals surface area contributed by atoms with Gasteiger partial charge in [-0.25, -0.2) is 4.98 Å². The first kappa shape index (κ1) is 19.9. The summed E-state index contributed by atoms with van der Waals surface area (Å²) in [5.74, 6) is 0.677. The molecule has 0 aliphatic carbocycles. The van der Waals surface area contributed by atoms with E-state index in [0.717, 1.165) is 16.2 Å². The third-order valence-corrected chi connectivity index (χ3v) is 5.28. The van der Waals surface area contributed by atoms with Gasteiger partial charge in [0.05, 0.1) is 18.6 Å². The summed E-state index contributed by atoms with van der Waals surface area (Å²) in [6.45, 7) is 0. The van der Waals surface area contributed by atoms with Crippen LogP contribution >= 0.6 is 27.7 Å². The Balaban J connectivity index is 1.87. The predicted octanol–water partition coefficient (Wildman–Crippen LogP) is 4.05. The lowest BCUT2D eigenvalue weighted by molar-refractivity contribution is 0.102. The second-order valence-corrected chi connectivity index (χ2v) is 7.53. The van der Waals surface area contributed by atoms with E-state index in [0.29, 0.717) is 16.9 Å². The number of methoxy groups -OCH3 is 1. The molecule has 0 bridgehead atoms. The van der Waals surface area contributed by atoms with Crippen molar-refractivity contribution < 1.29 is 9.53 Å². The van der Waals surface area contributed by atoms with Crippen molar-refractivity contribution in [2.45, 2.75) is 5.16 Å². The van der Waals surface area contributed by atoms with Crippen LogP contribution in [0.15, 0.2) is 63.0 Å². The number of benzene rings is 2. The van der Waals surface area contributed by atoms with E-state index < -0.39 is 5.56 Å². The molecule has 3 aromatic rings. The number of carbonyl (C=O) groups excluding carboxylic acids is 1. The number of H-pyrrole nitrogens is 1. The largest absolute Gasteiger partial charge is 0.497 e. The van der Waals surface area contributed by atoms with Crippen LogP contribution in [-0.2, 0) is 0 Å². The average Bonchev–Trinajstić information content (AvgIpc) is 2.72. The first-order valence-electron chi connectivity index (χ1n) is 8.12. The van der Waals surface area contributed by atoms with E-state index in [9.17, 15) is 14.9 Å². The first-order valence-corrected chi connectivity index (χ1v) is 9.90. The molecule has 0 unspecified atom stereocenters. The molecule has 28 heavy (non-hydrogen) atoms. The predicted molar refractivity (Wildman–Crippen MR) is 111 cm³/mol. The van der Waals surface area contributed by atoms with Crippen LogP contribution in [0, 0.1) is 11.3 Å². The highest BCUT2D eigenvalue weighted by Crippen LogP contribution is 2.24. The second-order valence-electron chi connectivity index (χ2n) is 5.65. The zero-order valence-corrected chi connectivity index (χ0v) is 17.1. The van der Waals surface area contributed by atoms with Gasteiger partial charge in [0, 0.05) is 15.6 Å². The number of hydrogen-bond donors (Lipinski definition) is 1. The smallest absolute Gasteiger partial charge is 0.270 e. The standard InChI is InChI=1S/C20H14BrN3O3S/c1-27-15-8-4-13(5-9-15)18-16(10-22)19(26)24-20(23-18)28-11-17(25)12-2-6-14(21)7-3-12/h2-9H,11H2,1H3,(H,23,24,26). The number of ketones is 1. The SMILES string of the molecule is COc1ccc(-c2nc(SCC(=O)c3ccc(Br)cc3)[nH]c(=O)c2C#N)cc1. The normalized spacial score (nSPS) is 10.3. The van der Waals surface area contributed by atoms with E-state index in [1.165, 1.54) is 0 Å². The van der Waals surface area contributed by atoms with Gasteiger partial charge in [0.2, 0.25) is 0 Å². The lowest BCUT2D eigenvalue weighted by atomic mass is 10.1. The van der Waals surface area contributed by atoms with Gasteiger partial charge in [-0.15, -0.1) is 0 Å². The Morgan fingerprint density at radius 2 is 1.89 bits per heavy atom. The van der Waals surface area contributed by atoms with Gasteiger partial charge in [0.25, 0.3) is 5.56 Å². The van der Waals surface area contributed by atoms with Gasteiger partial charge in [0.1, 0.15) is 17.4 Å². The number of carbonyl (C=O) groups is 1. The van der Waals surface area contributed by atoms with Crippen LogP contribution in [0.4, 0.5) is 0 Å². The van der Waals surface area contributed by atoms with E-state index in [1.54, 1.807) is 55.6 Å². The molecule has 1 N–H and O–H groups in total. The van der Waals surface area contributed by atoms with Gasteiger partial charge in [-0.2, -0.15) is 5.26 Å². The minimum atomic E-state index is -0.540. The third kappa shape index (κ3) is 4.50. The lowest BCUT2D eigenvalue weighted by Gasteiger charge is -2.07. The van der Waals surface area contributed by atoms with Crippen LogP contribution in [0.5, 0.6) is 5.75 Å². The maximum absolute atomic E-state index is 12.3. The van der Waals surface area contributed by atoms with Crippen LogP contribution in [0.1, 0.15) is 15.9 Å². The fraction of sp³-hybridized carbons (Fsp3) is 0.100. The molecule has 0 spiro atoms. The van der Waals surface area contributed by atoms with E-state index in [1.807, 2.05) is 6.07 Å². The fourth-order valence-corrected chi connectivity index (χ4v) is 3.45. The number of thioether (sulfide) groups is 1. The Morgan fingerprint density at radius 3 is 2.50 bits per heavy atom. The zero-order valence-electron chi connectivity index (χ0n) is 14.7. The average molecular weight is 456 g/mol. The van der Waals surface area contributed by atoms with Gasteiger partial charge in [-0.3, -0.25) is 9.59 Å². The topological polar surface area (TPSA) is 95.8 Å². The van der Waals surface area contributed by atoms with Crippen molar-refractivity contribution in [2.24, 2.45) is 0 Å². The van der Waals surface area contributed by atoms with E-state index in [2.05, 4.69) is 25.9 Å². The number of nitrogens with one attached hydrogen (secondary N) is 1. The Labute approximate surface area is 173 Å². The number of rotatable bonds is 6. The number of ether oxygens (including phenoxy) is 1. The van der Waals surface area contributed by atoms with Crippen molar-refractivity contribution in [3.8, 4) is 23.1 Å². The van der Waals surface area contributed by atoms with Crippen LogP contribution < -0.4 is 10.3 Å². The summed E-state index contributed by atoms with van der Waals surface area (Å²) < 4.78 is 6.01. The molecule has 140 valence electrons. The molecule has 1 heterocycles. The molecule has 6 nitrogen and oxygen atoms in total. The van der Waals surface area contributed by atoms with Crippen molar-refractivity contribution in [1.29, 1.82) is 5.26 Å². The molecule has 0 aliphatic heterocycles. The Hall–Kier alpha value is -2.89. The van der Waals surface area contributed by atoms with Crippen molar-refractivity contribution in [3.05, 3.63) is 74.5 Å². The van der Waals surface area contributed by atoms with Crippen LogP contribution in [-0.4, -0.2) is 28.6 Å². The van der Waals surface area contributed by atoms with E-state index in [-0.39, 0.29) is 27.9 Å². The number of Topliss-reactive ketones (excluding diaryl/α,β-unsaturated/α-hetero) is 1. The van der Waals surface area contributed by atoms with Crippen molar-refractivity contribution >= 4 is 33.5 Å². The van der Waals surface area contributed by atoms with Crippen molar-refractivity contribution in [2.75, 3.05) is 12.9 Å². The summed E-state index contributed by atoms with van der Waals surface area (Å²) in [7, 11) is 1.55. The van der Waals surface area contributed by atoms with Crippen molar-refractivity contribution in [1.82, 2.24) is 9.97 Å². The first-order chi connectivity index (χ1) is 13.5. The van der Waals surface area contributed by atoms with Crippen LogP contribution in [0.3, 0.4) is 0 Å². The van der Waals surface area contributed by atoms with E-state index >= 15 is 0 Å². The Morgan fingerprint density at radius 1 is 1.21 bits per heavy atom. The molecule has 0 atom stereocenters. The maximum Gasteiger partial charge on any atom is 0.270 e. The van der Waals surface area contributed by atoms with Gasteiger partial charge < -0.3 is 9.72 Å². The number of nitriles is 1. The highest BCUT2D eigenvalue weighted by Gasteiger charge is 2.15. The van der Waals surface area contributed by atoms with E-state index in [4.69, 9.17) is 4.74 Å². The molecule has 3 rings (SSSR count). The Bertz CT molecular complexity index is 1100. The summed E-state index contributed by atoms with van der Waals surface area (Å²) >= 11 is 4.45. The number of halogens is 1. The molecular formula is C20H14BrN3O3S. The molecule has 2 aromatic carbocycles. The maximum atomic E-state index is 12.3. The summed E-state index contributed by atoms with van der Waals surface area (Å²) in [6.07, 6.45) is 0. The molecule has 0 saturated heterocycles. The molecule has 0 amide bonds. The third-order valence-electron chi connectivity index (χ3n) is 3.88. The zero-order chi connectivity index (χ0) is 20.1. The molecular weight excluding hydrogens is 442 g/mol. The Kier molecular flexibility index (Phi) is 6.29. The number of hydrogen-bond acceptors (Lipinski definition) is 6. The molecule has 0 radical (unpaired) electrons. The quantitative estimate of drug-likeness (QED) is 0.342. The second kappa shape index (κ2) is 8.87. The van der Waals surface area contributed by atoms with Gasteiger partial charge in [0.15, 0.2) is 10.9 Å². The van der Waals surface area contributed by atoms with Crippen LogP contribution in [0.2, 0.25) is 0 Å². The summed E-state index contributed by atoms with van der Waals surface area (Å²) in [5, 5.41) is 9.62. The minimum Gasteiger partial charge on any atom is -0.497 e. The van der Waals surface area contributed by atoms with Gasteiger partial charge in [-0.05, 0) is 36.4 Å². The molecule has 0 fully saturated rings. The lowest BCUT2D eigenvalue weighted by Crippen LogP contribution is -2.15. The fourth-order valence-electron chi connectivity index (χ4n) is 2.44. The molecule has 0 aliphatic rings. The molecule has 0 saturated carbocycles. The summed E-state index contributed by atoms with van der Waals surface area (Å²) in [5.41, 5.74) is 0.842. The van der Waals surface area contributed by atoms with Gasteiger partial charge in [-0.1, -0.05) is 39.8 Å². The summed E-state index contributed by atoms with van der Waals surface area (Å²) in [6, 6.07) is 15.8.